The molecular formula is C27H22F3N5O4. The van der Waals surface area contributed by atoms with Gasteiger partial charge in [0.1, 0.15) is 12.4 Å². The van der Waals surface area contributed by atoms with Gasteiger partial charge in [0.25, 0.3) is 0 Å². The average Bonchev–Trinajstić information content (AvgIpc) is 3.61. The van der Waals surface area contributed by atoms with Crippen LogP contribution in [0, 0.1) is 0 Å². The van der Waals surface area contributed by atoms with Crippen molar-refractivity contribution in [3.05, 3.63) is 89.4 Å². The molecule has 9 nitrogen and oxygen atoms in total. The van der Waals surface area contributed by atoms with E-state index in [0.29, 0.717) is 10.2 Å². The summed E-state index contributed by atoms with van der Waals surface area (Å²) in [7, 11) is 1.61. The van der Waals surface area contributed by atoms with Gasteiger partial charge >= 0.3 is 18.2 Å². The van der Waals surface area contributed by atoms with Crippen molar-refractivity contribution < 1.29 is 32.6 Å². The van der Waals surface area contributed by atoms with Crippen LogP contribution in [0.1, 0.15) is 51.6 Å². The summed E-state index contributed by atoms with van der Waals surface area (Å²) in [5, 5.41) is 17.2. The number of carboxylic acid groups (broad SMARTS) is 1. The highest BCUT2D eigenvalue weighted by atomic mass is 19.4. The summed E-state index contributed by atoms with van der Waals surface area (Å²) < 4.78 is 50.1. The lowest BCUT2D eigenvalue weighted by Crippen LogP contribution is -2.45. The fraction of sp³-hybridized carbons (Fsp3) is 0.259. The van der Waals surface area contributed by atoms with E-state index in [9.17, 15) is 27.9 Å². The van der Waals surface area contributed by atoms with E-state index in [1.54, 1.807) is 7.05 Å². The number of hydrogen-bond donors (Lipinski definition) is 1. The van der Waals surface area contributed by atoms with Crippen LogP contribution >= 0.6 is 0 Å². The number of ether oxygens (including phenoxy) is 1. The minimum absolute atomic E-state index is 0.0637. The molecule has 2 aromatic heterocycles. The molecule has 0 saturated heterocycles. The van der Waals surface area contributed by atoms with Crippen LogP contribution in [-0.4, -0.2) is 49.5 Å². The van der Waals surface area contributed by atoms with Gasteiger partial charge < -0.3 is 9.84 Å². The maximum absolute atomic E-state index is 14.1. The molecule has 0 radical (unpaired) electrons. The summed E-state index contributed by atoms with van der Waals surface area (Å²) in [6.07, 6.45) is -3.35. The molecule has 39 heavy (non-hydrogen) atoms. The number of carboxylic acids is 1. The van der Waals surface area contributed by atoms with Crippen molar-refractivity contribution in [1.82, 2.24) is 19.6 Å². The highest BCUT2D eigenvalue weighted by molar-refractivity contribution is 5.92. The molecule has 3 heterocycles. The van der Waals surface area contributed by atoms with Crippen molar-refractivity contribution in [1.29, 1.82) is 0 Å². The van der Waals surface area contributed by atoms with Gasteiger partial charge in [-0.2, -0.15) is 23.4 Å². The topological polar surface area (TPSA) is 102 Å². The summed E-state index contributed by atoms with van der Waals surface area (Å²) in [4.78, 5) is 26.4. The average molecular weight is 537 g/mol. The Hall–Kier alpha value is -4.61. The van der Waals surface area contributed by atoms with E-state index in [-0.39, 0.29) is 18.3 Å². The van der Waals surface area contributed by atoms with Crippen molar-refractivity contribution >= 4 is 17.9 Å². The predicted molar refractivity (Wildman–Crippen MR) is 132 cm³/mol. The fourth-order valence-electron chi connectivity index (χ4n) is 5.53. The number of halogens is 3. The molecule has 200 valence electrons. The quantitative estimate of drug-likeness (QED) is 0.378. The first-order valence-corrected chi connectivity index (χ1v) is 12.2. The first-order chi connectivity index (χ1) is 18.6. The maximum Gasteiger partial charge on any atom is 0.416 e. The zero-order valence-corrected chi connectivity index (χ0v) is 20.5. The molecule has 1 N–H and O–H groups in total. The van der Waals surface area contributed by atoms with Gasteiger partial charge in [0.15, 0.2) is 11.7 Å². The van der Waals surface area contributed by atoms with Gasteiger partial charge in [0.2, 0.25) is 0 Å². The van der Waals surface area contributed by atoms with E-state index >= 15 is 0 Å². The first kappa shape index (κ1) is 24.7. The molecule has 1 amide bonds. The van der Waals surface area contributed by atoms with Crippen LogP contribution in [0.4, 0.5) is 23.8 Å². The van der Waals surface area contributed by atoms with Crippen molar-refractivity contribution in [3.8, 4) is 11.1 Å². The lowest BCUT2D eigenvalue weighted by atomic mass is 9.97. The van der Waals surface area contributed by atoms with Crippen LogP contribution in [0.25, 0.3) is 11.1 Å². The fourth-order valence-corrected chi connectivity index (χ4v) is 5.53. The second kappa shape index (κ2) is 9.00. The van der Waals surface area contributed by atoms with Gasteiger partial charge in [0, 0.05) is 37.2 Å². The Balaban J connectivity index is 1.38. The molecule has 0 unspecified atom stereocenters. The number of amides is 1. The number of benzene rings is 2. The van der Waals surface area contributed by atoms with Gasteiger partial charge in [-0.05, 0) is 22.3 Å². The number of anilines is 1. The highest BCUT2D eigenvalue weighted by Crippen LogP contribution is 2.48. The van der Waals surface area contributed by atoms with Crippen LogP contribution in [-0.2, 0) is 11.8 Å². The number of carbonyl (C=O) groups is 2. The highest BCUT2D eigenvalue weighted by Gasteiger charge is 2.51. The molecule has 2 aliphatic rings. The normalized spacial score (nSPS) is 18.4. The number of aromatic nitrogens is 4. The second-order valence-electron chi connectivity index (χ2n) is 9.57. The van der Waals surface area contributed by atoms with Gasteiger partial charge in [0.05, 0.1) is 12.2 Å². The SMILES string of the molecule is Cn1cc([C@@H]2C[C@H](C(F)(F)F)n3nc(C(=O)O)cc3N2C(=O)OCC2c3ccccc3-c3ccccc32)cn1. The Morgan fingerprint density at radius 1 is 1.08 bits per heavy atom. The smallest absolute Gasteiger partial charge is 0.416 e. The number of rotatable bonds is 4. The summed E-state index contributed by atoms with van der Waals surface area (Å²) in [5.41, 5.74) is 3.75. The standard InChI is InChI=1S/C27H22F3N5O4/c1-33-13-15(12-31-33)22-11-23(27(28,29)30)35-24(10-21(32-35)25(36)37)34(22)26(38)39-14-20-18-8-4-2-6-16(18)17-7-3-5-9-19(17)20/h2-10,12-13,20,22-23H,11,14H2,1H3,(H,36,37)/t22-,23+/m0/s1. The zero-order valence-electron chi connectivity index (χ0n) is 20.5. The molecule has 2 aromatic carbocycles. The minimum Gasteiger partial charge on any atom is -0.476 e. The van der Waals surface area contributed by atoms with E-state index in [1.165, 1.54) is 17.1 Å². The third-order valence-electron chi connectivity index (χ3n) is 7.26. The molecule has 1 aliphatic carbocycles. The number of aryl methyl sites for hydroxylation is 1. The molecule has 0 spiro atoms. The first-order valence-electron chi connectivity index (χ1n) is 12.2. The van der Waals surface area contributed by atoms with Crippen LogP contribution < -0.4 is 4.90 Å². The summed E-state index contributed by atoms with van der Waals surface area (Å²) in [6, 6.07) is 13.2. The Bertz CT molecular complexity index is 1550. The van der Waals surface area contributed by atoms with Gasteiger partial charge in [-0.1, -0.05) is 48.5 Å². The largest absolute Gasteiger partial charge is 0.476 e. The van der Waals surface area contributed by atoms with Crippen molar-refractivity contribution in [3.63, 3.8) is 0 Å². The van der Waals surface area contributed by atoms with Crippen molar-refractivity contribution in [2.75, 3.05) is 11.5 Å². The van der Waals surface area contributed by atoms with E-state index in [2.05, 4.69) is 10.2 Å². The van der Waals surface area contributed by atoms with Gasteiger partial charge in [-0.15, -0.1) is 0 Å². The summed E-state index contributed by atoms with van der Waals surface area (Å²) in [5.74, 6) is -2.10. The van der Waals surface area contributed by atoms with Crippen molar-refractivity contribution in [2.24, 2.45) is 7.05 Å². The predicted octanol–water partition coefficient (Wildman–Crippen LogP) is 5.32. The van der Waals surface area contributed by atoms with Crippen LogP contribution in [0.3, 0.4) is 0 Å². The molecule has 0 saturated carbocycles. The van der Waals surface area contributed by atoms with E-state index < -0.39 is 42.4 Å². The van der Waals surface area contributed by atoms with Crippen molar-refractivity contribution in [2.45, 2.75) is 30.6 Å². The number of hydrogen-bond acceptors (Lipinski definition) is 5. The Labute approximate surface area is 220 Å². The van der Waals surface area contributed by atoms with E-state index in [1.807, 2.05) is 48.5 Å². The molecular weight excluding hydrogens is 515 g/mol. The van der Waals surface area contributed by atoms with Crippen LogP contribution in [0.15, 0.2) is 67.0 Å². The Morgan fingerprint density at radius 2 is 1.72 bits per heavy atom. The molecule has 6 rings (SSSR count). The number of fused-ring (bicyclic) bond motifs is 4. The summed E-state index contributed by atoms with van der Waals surface area (Å²) >= 11 is 0. The second-order valence-corrected chi connectivity index (χ2v) is 9.57. The number of carbonyl (C=O) groups excluding carboxylic acids is 1. The van der Waals surface area contributed by atoms with Crippen LogP contribution in [0.5, 0.6) is 0 Å². The van der Waals surface area contributed by atoms with Gasteiger partial charge in [-0.25, -0.2) is 14.3 Å². The summed E-state index contributed by atoms with van der Waals surface area (Å²) in [6.45, 7) is -0.0637. The maximum atomic E-state index is 14.1. The molecule has 2 atom stereocenters. The zero-order chi connectivity index (χ0) is 27.5. The molecule has 1 aliphatic heterocycles. The van der Waals surface area contributed by atoms with Crippen LogP contribution in [0.2, 0.25) is 0 Å². The third-order valence-corrected chi connectivity index (χ3v) is 7.26. The van der Waals surface area contributed by atoms with E-state index in [0.717, 1.165) is 33.2 Å². The third kappa shape index (κ3) is 4.12. The number of alkyl halides is 3. The molecule has 4 aromatic rings. The Kier molecular flexibility index (Phi) is 5.70. The number of aromatic carboxylic acids is 1. The Morgan fingerprint density at radius 3 is 2.28 bits per heavy atom. The van der Waals surface area contributed by atoms with Gasteiger partial charge in [-0.3, -0.25) is 9.58 Å². The number of nitrogens with zero attached hydrogens (tertiary/aromatic N) is 5. The monoisotopic (exact) mass is 537 g/mol. The molecule has 0 fully saturated rings. The lowest BCUT2D eigenvalue weighted by Gasteiger charge is -2.39. The lowest BCUT2D eigenvalue weighted by molar-refractivity contribution is -0.174. The van der Waals surface area contributed by atoms with E-state index in [4.69, 9.17) is 4.74 Å². The molecule has 12 heteroatoms. The minimum atomic E-state index is -4.75. The molecule has 0 bridgehead atoms.